The van der Waals surface area contributed by atoms with E-state index in [-0.39, 0.29) is 5.82 Å². The minimum Gasteiger partial charge on any atom is -0.357 e. The van der Waals surface area contributed by atoms with Gasteiger partial charge in [0.15, 0.2) is 0 Å². The number of nitrogens with zero attached hydrogens (tertiary/aromatic N) is 1. The molecule has 0 aliphatic rings. The first-order valence-corrected chi connectivity index (χ1v) is 3.66. The predicted octanol–water partition coefficient (Wildman–Crippen LogP) is 2.27. The first-order chi connectivity index (χ1) is 6.33. The van der Waals surface area contributed by atoms with Crippen LogP contribution in [0.1, 0.15) is 0 Å². The molecule has 2 aromatic rings. The van der Waals surface area contributed by atoms with Crippen LogP contribution in [-0.2, 0) is 4.79 Å². The minimum atomic E-state index is -0.357. The Hall–Kier alpha value is -1.93. The number of hydrogen-bond donors (Lipinski definition) is 1. The third-order valence-electron chi connectivity index (χ3n) is 1.81. The second-order valence-electron chi connectivity index (χ2n) is 2.54. The summed E-state index contributed by atoms with van der Waals surface area (Å²) in [7, 11) is 0. The highest BCUT2D eigenvalue weighted by Crippen LogP contribution is 2.26. The first-order valence-electron chi connectivity index (χ1n) is 3.66. The number of benzene rings is 1. The van der Waals surface area contributed by atoms with Crippen LogP contribution in [0.3, 0.4) is 0 Å². The van der Waals surface area contributed by atoms with E-state index >= 15 is 0 Å². The van der Waals surface area contributed by atoms with Crippen molar-refractivity contribution < 1.29 is 9.18 Å². The number of halogens is 1. The van der Waals surface area contributed by atoms with E-state index in [1.54, 1.807) is 12.1 Å². The molecule has 0 radical (unpaired) electrons. The Bertz CT molecular complexity index is 497. The van der Waals surface area contributed by atoms with Crippen molar-refractivity contribution >= 4 is 22.7 Å². The van der Waals surface area contributed by atoms with Gasteiger partial charge in [0.25, 0.3) is 0 Å². The Balaban J connectivity index is 2.82. The van der Waals surface area contributed by atoms with Crippen LogP contribution in [0, 0.1) is 5.82 Å². The molecule has 0 saturated heterocycles. The lowest BCUT2D eigenvalue weighted by atomic mass is 10.2. The van der Waals surface area contributed by atoms with Gasteiger partial charge in [0.1, 0.15) is 11.5 Å². The average Bonchev–Trinajstić information content (AvgIpc) is 2.51. The maximum absolute atomic E-state index is 13.1. The summed E-state index contributed by atoms with van der Waals surface area (Å²) >= 11 is 0. The molecule has 0 atom stereocenters. The molecule has 0 bridgehead atoms. The molecule has 3 nitrogen and oxygen atoms in total. The Morgan fingerprint density at radius 1 is 1.46 bits per heavy atom. The molecule has 1 aromatic carbocycles. The summed E-state index contributed by atoms with van der Waals surface area (Å²) in [5.41, 5.74) is 0.765. The van der Waals surface area contributed by atoms with Crippen LogP contribution in [0.2, 0.25) is 0 Å². The van der Waals surface area contributed by atoms with E-state index in [1.165, 1.54) is 18.3 Å². The first kappa shape index (κ1) is 7.71. The lowest BCUT2D eigenvalue weighted by Gasteiger charge is -1.90. The van der Waals surface area contributed by atoms with Crippen LogP contribution >= 0.6 is 0 Å². The Kier molecular flexibility index (Phi) is 1.69. The van der Waals surface area contributed by atoms with Gasteiger partial charge in [-0.1, -0.05) is 12.1 Å². The van der Waals surface area contributed by atoms with E-state index in [9.17, 15) is 9.18 Å². The SMILES string of the molecule is O=C=Nc1c[nH]c2c(F)cccc12. The van der Waals surface area contributed by atoms with E-state index in [2.05, 4.69) is 9.98 Å². The lowest BCUT2D eigenvalue weighted by Crippen LogP contribution is -1.74. The summed E-state index contributed by atoms with van der Waals surface area (Å²) in [5.74, 6) is -0.357. The summed E-state index contributed by atoms with van der Waals surface area (Å²) in [6, 6.07) is 4.59. The molecular weight excluding hydrogens is 171 g/mol. The molecule has 0 unspecified atom stereocenters. The third-order valence-corrected chi connectivity index (χ3v) is 1.81. The molecular formula is C9H5FN2O. The highest BCUT2D eigenvalue weighted by atomic mass is 19.1. The van der Waals surface area contributed by atoms with Crippen molar-refractivity contribution in [2.75, 3.05) is 0 Å². The number of nitrogens with one attached hydrogen (secondary N) is 1. The van der Waals surface area contributed by atoms with Gasteiger partial charge < -0.3 is 4.98 Å². The van der Waals surface area contributed by atoms with Gasteiger partial charge in [0.2, 0.25) is 6.08 Å². The minimum absolute atomic E-state index is 0.357. The zero-order chi connectivity index (χ0) is 9.26. The van der Waals surface area contributed by atoms with Crippen molar-refractivity contribution in [1.82, 2.24) is 4.98 Å². The lowest BCUT2D eigenvalue weighted by molar-refractivity contribution is 0.565. The van der Waals surface area contributed by atoms with Crippen LogP contribution in [0.15, 0.2) is 29.4 Å². The van der Waals surface area contributed by atoms with E-state index in [0.29, 0.717) is 16.6 Å². The van der Waals surface area contributed by atoms with Crippen LogP contribution in [0.25, 0.3) is 10.9 Å². The molecule has 4 heteroatoms. The van der Waals surface area contributed by atoms with Crippen LogP contribution in [0.4, 0.5) is 10.1 Å². The van der Waals surface area contributed by atoms with Gasteiger partial charge >= 0.3 is 0 Å². The number of fused-ring (bicyclic) bond motifs is 1. The number of para-hydroxylation sites is 1. The molecule has 13 heavy (non-hydrogen) atoms. The van der Waals surface area contributed by atoms with E-state index in [4.69, 9.17) is 0 Å². The number of hydrogen-bond acceptors (Lipinski definition) is 2. The Labute approximate surface area is 72.9 Å². The van der Waals surface area contributed by atoms with Gasteiger partial charge in [-0.25, -0.2) is 9.18 Å². The maximum atomic E-state index is 13.1. The number of aromatic nitrogens is 1. The van der Waals surface area contributed by atoms with Crippen LogP contribution < -0.4 is 0 Å². The Morgan fingerprint density at radius 2 is 2.31 bits per heavy atom. The Morgan fingerprint density at radius 3 is 3.08 bits per heavy atom. The van der Waals surface area contributed by atoms with Gasteiger partial charge in [-0.05, 0) is 6.07 Å². The zero-order valence-corrected chi connectivity index (χ0v) is 6.54. The molecule has 0 aliphatic heterocycles. The molecule has 0 aliphatic carbocycles. The number of carbonyl (C=O) groups excluding carboxylic acids is 1. The summed E-state index contributed by atoms with van der Waals surface area (Å²) in [5, 5.41) is 0.586. The van der Waals surface area contributed by atoms with Crippen molar-refractivity contribution in [3.63, 3.8) is 0 Å². The van der Waals surface area contributed by atoms with Crippen LogP contribution in [0.5, 0.6) is 0 Å². The second kappa shape index (κ2) is 2.84. The maximum Gasteiger partial charge on any atom is 0.240 e. The number of aromatic amines is 1. The van der Waals surface area contributed by atoms with E-state index in [0.717, 1.165) is 0 Å². The largest absolute Gasteiger partial charge is 0.357 e. The van der Waals surface area contributed by atoms with Gasteiger partial charge in [0.05, 0.1) is 5.52 Å². The second-order valence-corrected chi connectivity index (χ2v) is 2.54. The van der Waals surface area contributed by atoms with Crippen molar-refractivity contribution in [1.29, 1.82) is 0 Å². The van der Waals surface area contributed by atoms with Gasteiger partial charge in [-0.15, -0.1) is 0 Å². The fraction of sp³-hybridized carbons (Fsp3) is 0. The molecule has 1 aromatic heterocycles. The fourth-order valence-electron chi connectivity index (χ4n) is 1.24. The predicted molar refractivity (Wildman–Crippen MR) is 46.0 cm³/mol. The van der Waals surface area contributed by atoms with Crippen LogP contribution in [-0.4, -0.2) is 11.1 Å². The van der Waals surface area contributed by atoms with Crippen molar-refractivity contribution in [3.8, 4) is 0 Å². The van der Waals surface area contributed by atoms with Crippen molar-refractivity contribution in [2.24, 2.45) is 4.99 Å². The van der Waals surface area contributed by atoms with Crippen molar-refractivity contribution in [3.05, 3.63) is 30.2 Å². The highest BCUT2D eigenvalue weighted by Gasteiger charge is 2.05. The van der Waals surface area contributed by atoms with Crippen molar-refractivity contribution in [2.45, 2.75) is 0 Å². The monoisotopic (exact) mass is 176 g/mol. The number of H-pyrrole nitrogens is 1. The molecule has 2 rings (SSSR count). The third kappa shape index (κ3) is 1.13. The number of isocyanates is 1. The summed E-state index contributed by atoms with van der Waals surface area (Å²) in [6.45, 7) is 0. The van der Waals surface area contributed by atoms with E-state index < -0.39 is 0 Å². The summed E-state index contributed by atoms with van der Waals surface area (Å²) < 4.78 is 13.1. The molecule has 1 N–H and O–H groups in total. The zero-order valence-electron chi connectivity index (χ0n) is 6.54. The quantitative estimate of drug-likeness (QED) is 0.525. The molecule has 64 valence electrons. The average molecular weight is 176 g/mol. The van der Waals surface area contributed by atoms with Gasteiger partial charge in [-0.3, -0.25) is 0 Å². The highest BCUT2D eigenvalue weighted by molar-refractivity contribution is 5.91. The van der Waals surface area contributed by atoms with E-state index in [1.807, 2.05) is 0 Å². The molecule has 0 amide bonds. The molecule has 0 spiro atoms. The smallest absolute Gasteiger partial charge is 0.240 e. The topological polar surface area (TPSA) is 45.2 Å². The summed E-state index contributed by atoms with van der Waals surface area (Å²) in [6.07, 6.45) is 2.89. The molecule has 1 heterocycles. The normalized spacial score (nSPS) is 9.92. The van der Waals surface area contributed by atoms with Gasteiger partial charge in [-0.2, -0.15) is 4.99 Å². The molecule has 0 saturated carbocycles. The fourth-order valence-corrected chi connectivity index (χ4v) is 1.24. The number of aliphatic imine (C=N–C) groups is 1. The van der Waals surface area contributed by atoms with Gasteiger partial charge in [0, 0.05) is 11.6 Å². The summed E-state index contributed by atoms with van der Waals surface area (Å²) in [4.78, 5) is 16.1. The number of rotatable bonds is 1. The standard InChI is InChI=1S/C9H5FN2O/c10-7-3-1-2-6-8(12-5-13)4-11-9(6)7/h1-4,11H. The molecule has 0 fully saturated rings.